The molecule has 86 valence electrons. The van der Waals surface area contributed by atoms with Gasteiger partial charge in [0.2, 0.25) is 0 Å². The van der Waals surface area contributed by atoms with E-state index in [1.54, 1.807) is 17.7 Å². The summed E-state index contributed by atoms with van der Waals surface area (Å²) in [4.78, 5) is 4.15. The highest BCUT2D eigenvalue weighted by atomic mass is 35.5. The van der Waals surface area contributed by atoms with Gasteiger partial charge in [-0.25, -0.2) is 4.98 Å². The molecular weight excluding hydrogens is 222 g/mol. The number of hydrogen-bond donors (Lipinski definition) is 2. The molecule has 0 fully saturated rings. The summed E-state index contributed by atoms with van der Waals surface area (Å²) in [7, 11) is 0. The van der Waals surface area contributed by atoms with Crippen molar-refractivity contribution in [2.75, 3.05) is 17.6 Å². The van der Waals surface area contributed by atoms with Crippen LogP contribution < -0.4 is 11.1 Å². The molecule has 0 spiro atoms. The maximum atomic E-state index is 5.81. The molecule has 0 atom stereocenters. The van der Waals surface area contributed by atoms with Crippen LogP contribution in [-0.2, 0) is 0 Å². The molecular formula is C12H16ClN3. The molecule has 0 unspecified atom stereocenters. The van der Waals surface area contributed by atoms with Crippen LogP contribution in [0.5, 0.6) is 0 Å². The first kappa shape index (κ1) is 11.3. The third-order valence-corrected chi connectivity index (χ3v) is 2.90. The molecule has 1 aromatic heterocycles. The van der Waals surface area contributed by atoms with Crippen LogP contribution in [-0.4, -0.2) is 11.5 Å². The van der Waals surface area contributed by atoms with Crippen molar-refractivity contribution in [3.8, 4) is 0 Å². The summed E-state index contributed by atoms with van der Waals surface area (Å²) in [5.74, 6) is 0.753. The summed E-state index contributed by atoms with van der Waals surface area (Å²) in [5.41, 5.74) is 7.86. The minimum absolute atomic E-state index is 0.433. The lowest BCUT2D eigenvalue weighted by molar-refractivity contribution is 0.862. The van der Waals surface area contributed by atoms with Crippen LogP contribution in [0, 0.1) is 0 Å². The number of anilines is 2. The van der Waals surface area contributed by atoms with Crippen molar-refractivity contribution >= 4 is 23.1 Å². The fraction of sp³-hybridized carbons (Fsp3) is 0.417. The molecule has 1 heterocycles. The summed E-state index contributed by atoms with van der Waals surface area (Å²) >= 11 is 5.81. The van der Waals surface area contributed by atoms with E-state index in [2.05, 4.69) is 16.4 Å². The fourth-order valence-electron chi connectivity index (χ4n) is 1.92. The Hall–Kier alpha value is -1.22. The standard InChI is InChI=1S/C12H16ClN3/c13-11-7-10(14)8-12(16-11)15-6-5-9-3-1-2-4-9/h3,7-8H,1-2,4-6H2,(H3,14,15,16). The van der Waals surface area contributed by atoms with Gasteiger partial charge in [0.05, 0.1) is 0 Å². The molecule has 0 radical (unpaired) electrons. The van der Waals surface area contributed by atoms with Gasteiger partial charge < -0.3 is 11.1 Å². The van der Waals surface area contributed by atoms with E-state index in [4.69, 9.17) is 17.3 Å². The molecule has 0 aromatic carbocycles. The van der Waals surface area contributed by atoms with E-state index < -0.39 is 0 Å². The van der Waals surface area contributed by atoms with Crippen molar-refractivity contribution in [1.82, 2.24) is 4.98 Å². The number of pyridine rings is 1. The lowest BCUT2D eigenvalue weighted by atomic mass is 10.2. The highest BCUT2D eigenvalue weighted by Gasteiger charge is 2.04. The van der Waals surface area contributed by atoms with Gasteiger partial charge in [0.15, 0.2) is 0 Å². The topological polar surface area (TPSA) is 50.9 Å². The third-order valence-electron chi connectivity index (χ3n) is 2.70. The van der Waals surface area contributed by atoms with Gasteiger partial charge >= 0.3 is 0 Å². The van der Waals surface area contributed by atoms with Crippen molar-refractivity contribution in [2.24, 2.45) is 0 Å². The largest absolute Gasteiger partial charge is 0.399 e. The molecule has 0 saturated heterocycles. The lowest BCUT2D eigenvalue weighted by Gasteiger charge is -2.07. The number of nitrogens with two attached hydrogens (primary N) is 1. The van der Waals surface area contributed by atoms with E-state index in [0.29, 0.717) is 10.8 Å². The maximum absolute atomic E-state index is 5.81. The predicted molar refractivity (Wildman–Crippen MR) is 68.7 cm³/mol. The zero-order valence-electron chi connectivity index (χ0n) is 9.17. The zero-order chi connectivity index (χ0) is 11.4. The van der Waals surface area contributed by atoms with E-state index in [1.165, 1.54) is 19.3 Å². The second kappa shape index (κ2) is 5.21. The molecule has 0 bridgehead atoms. The summed E-state index contributed by atoms with van der Waals surface area (Å²) in [6, 6.07) is 3.45. The molecule has 1 aliphatic rings. The number of hydrogen-bond acceptors (Lipinski definition) is 3. The molecule has 1 aromatic rings. The first-order chi connectivity index (χ1) is 7.74. The smallest absolute Gasteiger partial charge is 0.133 e. The molecule has 16 heavy (non-hydrogen) atoms. The lowest BCUT2D eigenvalue weighted by Crippen LogP contribution is -2.04. The average molecular weight is 238 g/mol. The van der Waals surface area contributed by atoms with Crippen molar-refractivity contribution in [3.05, 3.63) is 28.9 Å². The van der Waals surface area contributed by atoms with E-state index in [1.807, 2.05) is 0 Å². The average Bonchev–Trinajstić information content (AvgIpc) is 2.69. The number of rotatable bonds is 4. The van der Waals surface area contributed by atoms with Crippen LogP contribution in [0.25, 0.3) is 0 Å². The van der Waals surface area contributed by atoms with E-state index in [-0.39, 0.29) is 0 Å². The van der Waals surface area contributed by atoms with Gasteiger partial charge in [0.1, 0.15) is 11.0 Å². The van der Waals surface area contributed by atoms with Crippen molar-refractivity contribution in [3.63, 3.8) is 0 Å². The molecule has 2 rings (SSSR count). The van der Waals surface area contributed by atoms with Crippen LogP contribution in [0.15, 0.2) is 23.8 Å². The molecule has 4 heteroatoms. The molecule has 3 N–H and O–H groups in total. The van der Waals surface area contributed by atoms with Gasteiger partial charge in [-0.05, 0) is 31.7 Å². The summed E-state index contributed by atoms with van der Waals surface area (Å²) in [6.07, 6.45) is 7.19. The van der Waals surface area contributed by atoms with Crippen LogP contribution in [0.2, 0.25) is 5.15 Å². The first-order valence-corrected chi connectivity index (χ1v) is 5.97. The van der Waals surface area contributed by atoms with Crippen molar-refractivity contribution in [1.29, 1.82) is 0 Å². The summed E-state index contributed by atoms with van der Waals surface area (Å²) in [6.45, 7) is 0.888. The van der Waals surface area contributed by atoms with Crippen LogP contribution in [0.1, 0.15) is 25.7 Å². The van der Waals surface area contributed by atoms with Gasteiger partial charge in [-0.2, -0.15) is 0 Å². The second-order valence-electron chi connectivity index (χ2n) is 4.04. The molecule has 1 aliphatic carbocycles. The Labute approximate surface area is 101 Å². The number of nitrogen functional groups attached to an aromatic ring is 1. The third kappa shape index (κ3) is 3.14. The van der Waals surface area contributed by atoms with Gasteiger partial charge in [-0.15, -0.1) is 0 Å². The SMILES string of the molecule is Nc1cc(Cl)nc(NCCC2=CCCC2)c1. The molecule has 0 amide bonds. The first-order valence-electron chi connectivity index (χ1n) is 5.59. The van der Waals surface area contributed by atoms with Crippen LogP contribution in [0.3, 0.4) is 0 Å². The Morgan fingerprint density at radius 1 is 1.44 bits per heavy atom. The monoisotopic (exact) mass is 237 g/mol. The molecule has 0 aliphatic heterocycles. The van der Waals surface area contributed by atoms with Gasteiger partial charge in [-0.1, -0.05) is 23.3 Å². The number of nitrogens with one attached hydrogen (secondary N) is 1. The Balaban J connectivity index is 1.84. The minimum Gasteiger partial charge on any atom is -0.399 e. The Kier molecular flexibility index (Phi) is 3.67. The number of nitrogens with zero attached hydrogens (tertiary/aromatic N) is 1. The predicted octanol–water partition coefficient (Wildman–Crippen LogP) is 3.23. The van der Waals surface area contributed by atoms with Gasteiger partial charge in [0.25, 0.3) is 0 Å². The summed E-state index contributed by atoms with van der Waals surface area (Å²) < 4.78 is 0. The van der Waals surface area contributed by atoms with Crippen molar-refractivity contribution < 1.29 is 0 Å². The van der Waals surface area contributed by atoms with E-state index in [0.717, 1.165) is 18.8 Å². The highest BCUT2D eigenvalue weighted by molar-refractivity contribution is 6.29. The summed E-state index contributed by atoms with van der Waals surface area (Å²) in [5, 5.41) is 3.67. The van der Waals surface area contributed by atoms with Gasteiger partial charge in [0, 0.05) is 18.3 Å². The highest BCUT2D eigenvalue weighted by Crippen LogP contribution is 2.21. The number of halogens is 1. The van der Waals surface area contributed by atoms with Crippen molar-refractivity contribution in [2.45, 2.75) is 25.7 Å². The number of aromatic nitrogens is 1. The van der Waals surface area contributed by atoms with Crippen LogP contribution in [0.4, 0.5) is 11.5 Å². The molecule has 3 nitrogen and oxygen atoms in total. The second-order valence-corrected chi connectivity index (χ2v) is 4.43. The maximum Gasteiger partial charge on any atom is 0.133 e. The van der Waals surface area contributed by atoms with E-state index >= 15 is 0 Å². The normalized spacial score (nSPS) is 14.9. The van der Waals surface area contributed by atoms with Gasteiger partial charge in [-0.3, -0.25) is 0 Å². The van der Waals surface area contributed by atoms with Crippen LogP contribution >= 0.6 is 11.6 Å². The quantitative estimate of drug-likeness (QED) is 0.625. The van der Waals surface area contributed by atoms with E-state index in [9.17, 15) is 0 Å². The molecule has 0 saturated carbocycles. The Morgan fingerprint density at radius 3 is 3.00 bits per heavy atom. The Bertz CT molecular complexity index is 381. The minimum atomic E-state index is 0.433. The Morgan fingerprint density at radius 2 is 2.31 bits per heavy atom. The number of allylic oxidation sites excluding steroid dienone is 1. The zero-order valence-corrected chi connectivity index (χ0v) is 9.93. The fourth-order valence-corrected chi connectivity index (χ4v) is 2.14.